The van der Waals surface area contributed by atoms with E-state index >= 15 is 4.79 Å². The first-order chi connectivity index (χ1) is 29.9. The fourth-order valence-electron chi connectivity index (χ4n) is 9.90. The number of para-hydroxylation sites is 1. The summed E-state index contributed by atoms with van der Waals surface area (Å²) in [7, 11) is 3.91. The van der Waals surface area contributed by atoms with Gasteiger partial charge in [0, 0.05) is 36.3 Å². The van der Waals surface area contributed by atoms with Crippen LogP contribution in [0.25, 0.3) is 0 Å². The Labute approximate surface area is 362 Å². The lowest BCUT2D eigenvalue weighted by Crippen LogP contribution is -2.53. The van der Waals surface area contributed by atoms with Crippen molar-refractivity contribution in [2.24, 2.45) is 33.9 Å². The molecule has 2 N–H and O–H groups in total. The summed E-state index contributed by atoms with van der Waals surface area (Å²) in [5.74, 6) is -6.90. The highest BCUT2D eigenvalue weighted by Gasteiger charge is 2.70. The number of hydrazine groups is 1. The van der Waals surface area contributed by atoms with Gasteiger partial charge in [0.05, 0.1) is 52.5 Å². The van der Waals surface area contributed by atoms with E-state index in [1.807, 2.05) is 49.3 Å². The van der Waals surface area contributed by atoms with Gasteiger partial charge < -0.3 is 14.7 Å². The minimum Gasteiger partial charge on any atom is -0.504 e. The van der Waals surface area contributed by atoms with Crippen LogP contribution < -0.4 is 20.0 Å². The Bertz CT molecular complexity index is 2650. The summed E-state index contributed by atoms with van der Waals surface area (Å²) < 4.78 is 19.8. The normalized spacial score (nSPS) is 24.2. The lowest BCUT2D eigenvalue weighted by molar-refractivity contribution is -0.138. The molecule has 0 bridgehead atoms. The number of carbonyl (C=O) groups excluding carboxylic acids is 4. The second-order valence-electron chi connectivity index (χ2n) is 16.1. The van der Waals surface area contributed by atoms with Crippen LogP contribution in [0, 0.1) is 29.5 Å². The molecule has 5 aromatic carbocycles. The van der Waals surface area contributed by atoms with Gasteiger partial charge in [-0.3, -0.25) is 29.5 Å². The summed E-state index contributed by atoms with van der Waals surface area (Å²) in [5, 5.41) is 22.1. The zero-order valence-corrected chi connectivity index (χ0v) is 34.8. The monoisotopic (exact) mass is 852 g/mol. The number of benzene rings is 5. The van der Waals surface area contributed by atoms with Crippen LogP contribution in [-0.2, 0) is 24.6 Å². The van der Waals surface area contributed by atoms with Crippen LogP contribution in [0.2, 0.25) is 5.02 Å². The highest BCUT2D eigenvalue weighted by Crippen LogP contribution is 2.65. The van der Waals surface area contributed by atoms with Gasteiger partial charge in [-0.2, -0.15) is 15.2 Å². The number of imide groups is 2. The van der Waals surface area contributed by atoms with Gasteiger partial charge in [-0.05, 0) is 122 Å². The number of phenols is 1. The van der Waals surface area contributed by atoms with E-state index in [1.54, 1.807) is 73.7 Å². The third-order valence-corrected chi connectivity index (χ3v) is 12.9. The van der Waals surface area contributed by atoms with Gasteiger partial charge in [0.1, 0.15) is 5.82 Å². The molecule has 0 radical (unpaired) electrons. The second-order valence-corrected chi connectivity index (χ2v) is 16.6. The quantitative estimate of drug-likeness (QED) is 0.0804. The predicted octanol–water partition coefficient (Wildman–Crippen LogP) is 9.25. The van der Waals surface area contributed by atoms with Gasteiger partial charge in [-0.25, -0.2) is 4.39 Å². The van der Waals surface area contributed by atoms with Crippen LogP contribution in [0.3, 0.4) is 0 Å². The Balaban J connectivity index is 1.12. The molecule has 62 heavy (non-hydrogen) atoms. The average Bonchev–Trinajstić information content (AvgIpc) is 3.65. The summed E-state index contributed by atoms with van der Waals surface area (Å²) in [6, 6.07) is 31.3. The first-order valence-corrected chi connectivity index (χ1v) is 20.8. The first-order valence-electron chi connectivity index (χ1n) is 20.4. The molecule has 2 aliphatic carbocycles. The van der Waals surface area contributed by atoms with E-state index in [1.165, 1.54) is 29.2 Å². The number of aromatic hydroxyl groups is 1. The third kappa shape index (κ3) is 6.58. The van der Waals surface area contributed by atoms with Crippen molar-refractivity contribution in [3.05, 3.63) is 149 Å². The van der Waals surface area contributed by atoms with Gasteiger partial charge >= 0.3 is 0 Å². The number of ether oxygens (including phenoxy) is 1. The van der Waals surface area contributed by atoms with Gasteiger partial charge in [-0.1, -0.05) is 47.5 Å². The standard InChI is InChI=1S/C48H42ClFN6O6/c1-4-62-40-7-5-6-37(43(40)57)42-35-24-25-36-41(46(60)55(44(36)58)34-22-18-31(19-23-34)52-51-30-16-20-33(21-17-30)54(2)3)38(35)26-39-45(59)56(53-32-14-12-29(50)13-15-32)47(61)48(39,42)27-8-10-28(49)11-9-27/h5-24,36,38-39,41-42,53,57H,4,25-26H2,1-3H3/t36-,38+,39-,41-,42+,48+/m0/s1. The first kappa shape index (κ1) is 40.5. The van der Waals surface area contributed by atoms with E-state index in [9.17, 15) is 23.9 Å². The lowest BCUT2D eigenvalue weighted by Gasteiger charge is -2.50. The van der Waals surface area contributed by atoms with E-state index < -0.39 is 58.5 Å². The van der Waals surface area contributed by atoms with Gasteiger partial charge in [-0.15, -0.1) is 0 Å². The van der Waals surface area contributed by atoms with Gasteiger partial charge in [0.2, 0.25) is 11.8 Å². The van der Waals surface area contributed by atoms with Crippen LogP contribution in [0.5, 0.6) is 11.5 Å². The van der Waals surface area contributed by atoms with Crippen LogP contribution in [-0.4, -0.2) is 54.4 Å². The maximum atomic E-state index is 15.4. The van der Waals surface area contributed by atoms with Crippen LogP contribution in [0.15, 0.2) is 137 Å². The number of phenolic OH excluding ortho intramolecular Hbond substituents is 1. The van der Waals surface area contributed by atoms with Crippen molar-refractivity contribution in [1.29, 1.82) is 0 Å². The van der Waals surface area contributed by atoms with Gasteiger partial charge in [0.15, 0.2) is 11.5 Å². The van der Waals surface area contributed by atoms with Crippen LogP contribution in [0.1, 0.15) is 36.8 Å². The van der Waals surface area contributed by atoms with Crippen LogP contribution in [0.4, 0.5) is 32.8 Å². The topological polar surface area (TPSA) is 144 Å². The number of hydrogen-bond acceptors (Lipinski definition) is 10. The van der Waals surface area contributed by atoms with Crippen molar-refractivity contribution in [3.8, 4) is 11.5 Å². The Morgan fingerprint density at radius 1 is 0.839 bits per heavy atom. The Morgan fingerprint density at radius 3 is 2.15 bits per heavy atom. The molecular weight excluding hydrogens is 811 g/mol. The highest BCUT2D eigenvalue weighted by molar-refractivity contribution is 6.30. The fraction of sp³-hybridized carbons (Fsp3) is 0.250. The lowest BCUT2D eigenvalue weighted by atomic mass is 9.49. The zero-order valence-electron chi connectivity index (χ0n) is 34.0. The third-order valence-electron chi connectivity index (χ3n) is 12.7. The van der Waals surface area contributed by atoms with Crippen molar-refractivity contribution >= 4 is 63.7 Å². The Kier molecular flexibility index (Phi) is 10.4. The number of hydrogen-bond donors (Lipinski definition) is 2. The summed E-state index contributed by atoms with van der Waals surface area (Å²) >= 11 is 6.41. The molecular formula is C48H42ClFN6O6. The zero-order chi connectivity index (χ0) is 43.4. The minimum atomic E-state index is -1.67. The maximum Gasteiger partial charge on any atom is 0.260 e. The SMILES string of the molecule is CCOc1cccc([C@H]2C3=CC[C@@H]4C(=O)N(c5ccc(N=Nc6ccc(N(C)C)cc6)cc5)C(=O)[C@@H]4[C@@H]3C[C@H]3C(=O)N(Nc4ccc(F)cc4)C(=O)[C@@]23c2ccc(Cl)cc2)c1O. The number of carbonyl (C=O) groups is 4. The van der Waals surface area contributed by atoms with Gasteiger partial charge in [0.25, 0.3) is 11.8 Å². The number of azo groups is 1. The van der Waals surface area contributed by atoms with Crippen molar-refractivity contribution < 1.29 is 33.4 Å². The number of rotatable bonds is 10. The molecule has 0 spiro atoms. The smallest absolute Gasteiger partial charge is 0.260 e. The number of anilines is 3. The molecule has 3 fully saturated rings. The average molecular weight is 853 g/mol. The number of nitrogens with zero attached hydrogens (tertiary/aromatic N) is 5. The second kappa shape index (κ2) is 15.9. The van der Waals surface area contributed by atoms with Crippen molar-refractivity contribution in [1.82, 2.24) is 5.01 Å². The molecule has 1 saturated carbocycles. The molecule has 2 saturated heterocycles. The number of allylic oxidation sites excluding steroid dienone is 2. The molecule has 12 nitrogen and oxygen atoms in total. The molecule has 2 aliphatic heterocycles. The largest absolute Gasteiger partial charge is 0.504 e. The molecule has 5 aromatic rings. The summed E-state index contributed by atoms with van der Waals surface area (Å²) in [5.41, 5.74) is 5.60. The van der Waals surface area contributed by atoms with E-state index in [2.05, 4.69) is 15.7 Å². The van der Waals surface area contributed by atoms with Crippen molar-refractivity contribution in [2.75, 3.05) is 35.9 Å². The molecule has 0 aromatic heterocycles. The molecule has 314 valence electrons. The molecule has 2 heterocycles. The number of nitrogens with one attached hydrogen (secondary N) is 1. The molecule has 6 atom stereocenters. The summed E-state index contributed by atoms with van der Waals surface area (Å²) in [6.45, 7) is 2.03. The molecule has 4 amide bonds. The highest BCUT2D eigenvalue weighted by atomic mass is 35.5. The van der Waals surface area contributed by atoms with Crippen molar-refractivity contribution in [3.63, 3.8) is 0 Å². The minimum absolute atomic E-state index is 0.0336. The van der Waals surface area contributed by atoms with E-state index in [4.69, 9.17) is 16.3 Å². The van der Waals surface area contributed by atoms with Crippen molar-refractivity contribution in [2.45, 2.75) is 31.1 Å². The molecule has 4 aliphatic rings. The number of halogens is 2. The molecule has 14 heteroatoms. The summed E-state index contributed by atoms with van der Waals surface area (Å²) in [4.78, 5) is 62.8. The maximum absolute atomic E-state index is 15.4. The van der Waals surface area contributed by atoms with Crippen LogP contribution >= 0.6 is 11.6 Å². The summed E-state index contributed by atoms with van der Waals surface area (Å²) in [6.07, 6.45) is 2.13. The Morgan fingerprint density at radius 2 is 1.50 bits per heavy atom. The van der Waals surface area contributed by atoms with E-state index in [0.29, 0.717) is 44.5 Å². The fourth-order valence-corrected chi connectivity index (χ4v) is 10.0. The molecule has 0 unspecified atom stereocenters. The van der Waals surface area contributed by atoms with E-state index in [0.717, 1.165) is 10.7 Å². The predicted molar refractivity (Wildman–Crippen MR) is 232 cm³/mol. The number of amides is 4. The van der Waals surface area contributed by atoms with E-state index in [-0.39, 0.29) is 36.9 Å². The number of fused-ring (bicyclic) bond motifs is 4. The Hall–Kier alpha value is -6.86. The molecule has 9 rings (SSSR count).